The van der Waals surface area contributed by atoms with Crippen molar-refractivity contribution in [2.24, 2.45) is 0 Å². The molecule has 0 radical (unpaired) electrons. The van der Waals surface area contributed by atoms with Crippen molar-refractivity contribution in [3.63, 3.8) is 0 Å². The van der Waals surface area contributed by atoms with E-state index in [0.717, 1.165) is 22.8 Å². The van der Waals surface area contributed by atoms with E-state index in [0.29, 0.717) is 11.4 Å². The fourth-order valence-corrected chi connectivity index (χ4v) is 2.22. The number of nitrogens with zero attached hydrogens (tertiary/aromatic N) is 3. The van der Waals surface area contributed by atoms with Gasteiger partial charge in [0.1, 0.15) is 17.4 Å². The molecule has 1 aromatic heterocycles. The highest BCUT2D eigenvalue weighted by Crippen LogP contribution is 2.31. The highest BCUT2D eigenvalue weighted by Gasteiger charge is 2.13. The zero-order chi connectivity index (χ0) is 15.0. The fourth-order valence-electron chi connectivity index (χ4n) is 2.22. The van der Waals surface area contributed by atoms with Crippen LogP contribution in [0.5, 0.6) is 5.75 Å². The summed E-state index contributed by atoms with van der Waals surface area (Å²) < 4.78 is 13.1. The molecule has 1 N–H and O–H groups in total. The first-order valence-electron chi connectivity index (χ1n) is 6.49. The molecule has 0 saturated heterocycles. The molecule has 0 spiro atoms. The quantitative estimate of drug-likeness (QED) is 0.784. The summed E-state index contributed by atoms with van der Waals surface area (Å²) in [6, 6.07) is 11.5. The monoisotopic (exact) mass is 283 g/mol. The molecule has 0 atom stereocenters. The zero-order valence-corrected chi connectivity index (χ0v) is 11.7. The Morgan fingerprint density at radius 1 is 1.05 bits per heavy atom. The number of rotatable bonds is 2. The van der Waals surface area contributed by atoms with Crippen LogP contribution in [0.15, 0.2) is 42.5 Å². The Balaban J connectivity index is 2.28. The number of phenols is 1. The first-order valence-corrected chi connectivity index (χ1v) is 6.49. The van der Waals surface area contributed by atoms with Gasteiger partial charge in [-0.05, 0) is 24.3 Å². The number of aromatic hydroxyl groups is 1. The average Bonchev–Trinajstić information content (AvgIpc) is 2.46. The molecule has 3 aromatic rings. The van der Waals surface area contributed by atoms with E-state index in [2.05, 4.69) is 9.97 Å². The Hall–Kier alpha value is -2.69. The standard InChI is InChI=1S/C16H14FN3O/c1-20(2)16-11-5-3-4-6-13(11)18-15(19-16)12-8-7-10(17)9-14(12)21/h3-9,21H,1-2H3. The molecule has 1 heterocycles. The summed E-state index contributed by atoms with van der Waals surface area (Å²) in [7, 11) is 3.78. The van der Waals surface area contributed by atoms with Gasteiger partial charge in [0, 0.05) is 25.5 Å². The van der Waals surface area contributed by atoms with Gasteiger partial charge in [0.2, 0.25) is 0 Å². The number of aromatic nitrogens is 2. The summed E-state index contributed by atoms with van der Waals surface area (Å²) in [6.45, 7) is 0. The van der Waals surface area contributed by atoms with Crippen molar-refractivity contribution >= 4 is 16.7 Å². The summed E-state index contributed by atoms with van der Waals surface area (Å²) in [6.07, 6.45) is 0. The van der Waals surface area contributed by atoms with Crippen molar-refractivity contribution in [3.05, 3.63) is 48.3 Å². The Morgan fingerprint density at radius 3 is 2.52 bits per heavy atom. The van der Waals surface area contributed by atoms with Crippen LogP contribution in [0.2, 0.25) is 0 Å². The third kappa shape index (κ3) is 2.38. The Bertz CT molecular complexity index is 818. The molecule has 0 aliphatic carbocycles. The van der Waals surface area contributed by atoms with Crippen molar-refractivity contribution in [3.8, 4) is 17.1 Å². The maximum Gasteiger partial charge on any atom is 0.165 e. The topological polar surface area (TPSA) is 49.2 Å². The van der Waals surface area contributed by atoms with Crippen LogP contribution < -0.4 is 4.90 Å². The Kier molecular flexibility index (Phi) is 3.17. The number of benzene rings is 2. The lowest BCUT2D eigenvalue weighted by Gasteiger charge is -2.15. The van der Waals surface area contributed by atoms with E-state index >= 15 is 0 Å². The molecule has 0 unspecified atom stereocenters. The molecule has 2 aromatic carbocycles. The lowest BCUT2D eigenvalue weighted by molar-refractivity contribution is 0.470. The second kappa shape index (κ2) is 5.01. The van der Waals surface area contributed by atoms with Crippen LogP contribution in [0.4, 0.5) is 10.2 Å². The molecular formula is C16H14FN3O. The Labute approximate surface area is 121 Å². The van der Waals surface area contributed by atoms with Gasteiger partial charge in [-0.3, -0.25) is 0 Å². The van der Waals surface area contributed by atoms with E-state index in [1.54, 1.807) is 0 Å². The maximum absolute atomic E-state index is 13.1. The van der Waals surface area contributed by atoms with E-state index in [1.165, 1.54) is 12.1 Å². The van der Waals surface area contributed by atoms with Gasteiger partial charge < -0.3 is 10.0 Å². The highest BCUT2D eigenvalue weighted by atomic mass is 19.1. The van der Waals surface area contributed by atoms with Crippen LogP contribution in [-0.4, -0.2) is 29.2 Å². The van der Waals surface area contributed by atoms with E-state index in [-0.39, 0.29) is 5.75 Å². The minimum Gasteiger partial charge on any atom is -0.507 e. The van der Waals surface area contributed by atoms with Gasteiger partial charge in [-0.2, -0.15) is 0 Å². The van der Waals surface area contributed by atoms with Crippen molar-refractivity contribution in [2.75, 3.05) is 19.0 Å². The SMILES string of the molecule is CN(C)c1nc(-c2ccc(F)cc2O)nc2ccccc12. The first kappa shape index (κ1) is 13.3. The van der Waals surface area contributed by atoms with Gasteiger partial charge in [-0.25, -0.2) is 14.4 Å². The van der Waals surface area contributed by atoms with E-state index in [4.69, 9.17) is 0 Å². The van der Waals surface area contributed by atoms with Crippen LogP contribution in [0.3, 0.4) is 0 Å². The molecule has 0 amide bonds. The van der Waals surface area contributed by atoms with Crippen LogP contribution >= 0.6 is 0 Å². The number of phenolic OH excluding ortho intramolecular Hbond substituents is 1. The van der Waals surface area contributed by atoms with E-state index in [9.17, 15) is 9.50 Å². The van der Waals surface area contributed by atoms with Crippen LogP contribution in [0, 0.1) is 5.82 Å². The second-order valence-corrected chi connectivity index (χ2v) is 4.94. The van der Waals surface area contributed by atoms with E-state index < -0.39 is 5.82 Å². The van der Waals surface area contributed by atoms with Gasteiger partial charge >= 0.3 is 0 Å². The largest absolute Gasteiger partial charge is 0.507 e. The molecule has 0 fully saturated rings. The van der Waals surface area contributed by atoms with Crippen molar-refractivity contribution in [1.29, 1.82) is 0 Å². The average molecular weight is 283 g/mol. The van der Waals surface area contributed by atoms with Crippen molar-refractivity contribution < 1.29 is 9.50 Å². The number of hydrogen-bond donors (Lipinski definition) is 1. The van der Waals surface area contributed by atoms with E-state index in [1.807, 2.05) is 43.3 Å². The van der Waals surface area contributed by atoms with Crippen molar-refractivity contribution in [1.82, 2.24) is 9.97 Å². The predicted molar refractivity (Wildman–Crippen MR) is 80.9 cm³/mol. The molecule has 0 saturated carbocycles. The maximum atomic E-state index is 13.1. The minimum atomic E-state index is -0.495. The highest BCUT2D eigenvalue weighted by molar-refractivity contribution is 5.91. The number of para-hydroxylation sites is 1. The molecule has 4 nitrogen and oxygen atoms in total. The molecular weight excluding hydrogens is 269 g/mol. The third-order valence-electron chi connectivity index (χ3n) is 3.21. The molecule has 5 heteroatoms. The summed E-state index contributed by atoms with van der Waals surface area (Å²) in [5, 5.41) is 10.8. The predicted octanol–water partition coefficient (Wildman–Crippen LogP) is 3.21. The number of halogens is 1. The lowest BCUT2D eigenvalue weighted by Crippen LogP contribution is -2.12. The number of fused-ring (bicyclic) bond motifs is 1. The van der Waals surface area contributed by atoms with Gasteiger partial charge in [0.25, 0.3) is 0 Å². The summed E-state index contributed by atoms with van der Waals surface area (Å²) in [5.41, 5.74) is 1.18. The van der Waals surface area contributed by atoms with Gasteiger partial charge in [-0.15, -0.1) is 0 Å². The van der Waals surface area contributed by atoms with Gasteiger partial charge in [0.05, 0.1) is 11.1 Å². The first-order chi connectivity index (χ1) is 10.1. The van der Waals surface area contributed by atoms with Crippen molar-refractivity contribution in [2.45, 2.75) is 0 Å². The molecule has 0 bridgehead atoms. The van der Waals surface area contributed by atoms with Crippen LogP contribution in [0.1, 0.15) is 0 Å². The number of hydrogen-bond acceptors (Lipinski definition) is 4. The zero-order valence-electron chi connectivity index (χ0n) is 11.7. The Morgan fingerprint density at radius 2 is 1.81 bits per heavy atom. The van der Waals surface area contributed by atoms with Crippen LogP contribution in [0.25, 0.3) is 22.3 Å². The molecule has 0 aliphatic heterocycles. The smallest absolute Gasteiger partial charge is 0.165 e. The van der Waals surface area contributed by atoms with Gasteiger partial charge in [0.15, 0.2) is 5.82 Å². The molecule has 21 heavy (non-hydrogen) atoms. The molecule has 0 aliphatic rings. The minimum absolute atomic E-state index is 0.171. The molecule has 106 valence electrons. The summed E-state index contributed by atoms with van der Waals surface area (Å²) >= 11 is 0. The number of anilines is 1. The second-order valence-electron chi connectivity index (χ2n) is 4.94. The van der Waals surface area contributed by atoms with Crippen LogP contribution in [-0.2, 0) is 0 Å². The third-order valence-corrected chi connectivity index (χ3v) is 3.21. The summed E-state index contributed by atoms with van der Waals surface area (Å²) in [4.78, 5) is 10.8. The normalized spacial score (nSPS) is 10.8. The van der Waals surface area contributed by atoms with Gasteiger partial charge in [-0.1, -0.05) is 12.1 Å². The fraction of sp³-hybridized carbons (Fsp3) is 0.125. The summed E-state index contributed by atoms with van der Waals surface area (Å²) in [5.74, 6) is 0.453. The lowest BCUT2D eigenvalue weighted by atomic mass is 10.1. The molecule has 3 rings (SSSR count).